The average molecular weight is 259 g/mol. The molecule has 0 amide bonds. The topological polar surface area (TPSA) is 29.9 Å². The maximum Gasteiger partial charge on any atom is 0.109 e. The van der Waals surface area contributed by atoms with E-state index in [1.165, 1.54) is 11.3 Å². The summed E-state index contributed by atoms with van der Waals surface area (Å²) in [7, 11) is 0. The highest BCUT2D eigenvalue weighted by molar-refractivity contribution is 5.75. The molecule has 19 heavy (non-hydrogen) atoms. The van der Waals surface area contributed by atoms with E-state index in [1.807, 2.05) is 0 Å². The highest BCUT2D eigenvalue weighted by Crippen LogP contribution is 2.17. The van der Waals surface area contributed by atoms with Crippen LogP contribution in [-0.2, 0) is 13.0 Å². The normalized spacial score (nSPS) is 11.6. The molecule has 0 aliphatic rings. The lowest BCUT2D eigenvalue weighted by Gasteiger charge is -2.11. The van der Waals surface area contributed by atoms with Gasteiger partial charge >= 0.3 is 0 Å². The molecule has 0 atom stereocenters. The van der Waals surface area contributed by atoms with Gasteiger partial charge in [0.15, 0.2) is 0 Å². The minimum atomic E-state index is 0.564. The summed E-state index contributed by atoms with van der Waals surface area (Å²) in [5.74, 6) is 1.23. The molecule has 0 radical (unpaired) electrons. The number of nitrogens with one attached hydrogen (secondary N) is 1. The molecule has 0 saturated carbocycles. The SMILES string of the molecule is CCCc1nc2ccccc2n1CCCNC(C)C. The minimum Gasteiger partial charge on any atom is -0.328 e. The molecule has 0 bridgehead atoms. The number of fused-ring (bicyclic) bond motifs is 1. The van der Waals surface area contributed by atoms with Crippen LogP contribution in [0.25, 0.3) is 11.0 Å². The van der Waals surface area contributed by atoms with E-state index in [0.717, 1.165) is 37.9 Å². The number of aromatic nitrogens is 2. The molecule has 2 aromatic rings. The van der Waals surface area contributed by atoms with Crippen LogP contribution in [0.15, 0.2) is 24.3 Å². The third-order valence-electron chi connectivity index (χ3n) is 3.32. The second-order valence-electron chi connectivity index (χ2n) is 5.38. The van der Waals surface area contributed by atoms with Crippen molar-refractivity contribution in [2.24, 2.45) is 0 Å². The number of rotatable bonds is 7. The molecule has 0 fully saturated rings. The van der Waals surface area contributed by atoms with Gasteiger partial charge in [-0.2, -0.15) is 0 Å². The van der Waals surface area contributed by atoms with Crippen molar-refractivity contribution in [3.05, 3.63) is 30.1 Å². The Kier molecular flexibility index (Phi) is 4.97. The molecule has 0 aliphatic carbocycles. The summed E-state index contributed by atoms with van der Waals surface area (Å²) >= 11 is 0. The molecule has 104 valence electrons. The lowest BCUT2D eigenvalue weighted by molar-refractivity contribution is 0.532. The number of para-hydroxylation sites is 2. The highest BCUT2D eigenvalue weighted by Gasteiger charge is 2.08. The van der Waals surface area contributed by atoms with Crippen LogP contribution in [-0.4, -0.2) is 22.1 Å². The molecular weight excluding hydrogens is 234 g/mol. The zero-order valence-corrected chi connectivity index (χ0v) is 12.3. The van der Waals surface area contributed by atoms with E-state index in [1.54, 1.807) is 0 Å². The Morgan fingerprint density at radius 3 is 2.79 bits per heavy atom. The predicted octanol–water partition coefficient (Wildman–Crippen LogP) is 3.38. The Balaban J connectivity index is 2.12. The zero-order valence-electron chi connectivity index (χ0n) is 12.3. The maximum atomic E-state index is 4.76. The van der Waals surface area contributed by atoms with Crippen molar-refractivity contribution in [2.75, 3.05) is 6.54 Å². The highest BCUT2D eigenvalue weighted by atomic mass is 15.1. The van der Waals surface area contributed by atoms with Gasteiger partial charge in [-0.3, -0.25) is 0 Å². The van der Waals surface area contributed by atoms with E-state index in [9.17, 15) is 0 Å². The van der Waals surface area contributed by atoms with E-state index >= 15 is 0 Å². The zero-order chi connectivity index (χ0) is 13.7. The Morgan fingerprint density at radius 2 is 2.05 bits per heavy atom. The summed E-state index contributed by atoms with van der Waals surface area (Å²) in [6.07, 6.45) is 3.36. The second-order valence-corrected chi connectivity index (χ2v) is 5.38. The molecule has 3 nitrogen and oxygen atoms in total. The van der Waals surface area contributed by atoms with Gasteiger partial charge in [0.2, 0.25) is 0 Å². The summed E-state index contributed by atoms with van der Waals surface area (Å²) < 4.78 is 2.39. The van der Waals surface area contributed by atoms with Gasteiger partial charge in [-0.15, -0.1) is 0 Å². The monoisotopic (exact) mass is 259 g/mol. The molecule has 1 heterocycles. The average Bonchev–Trinajstić information content (AvgIpc) is 2.73. The summed E-state index contributed by atoms with van der Waals surface area (Å²) in [5.41, 5.74) is 2.40. The van der Waals surface area contributed by atoms with Gasteiger partial charge in [0.25, 0.3) is 0 Å². The van der Waals surface area contributed by atoms with Crippen molar-refractivity contribution < 1.29 is 0 Å². The third kappa shape index (κ3) is 3.57. The molecule has 0 aliphatic heterocycles. The van der Waals surface area contributed by atoms with Crippen molar-refractivity contribution >= 4 is 11.0 Å². The summed E-state index contributed by atoms with van der Waals surface area (Å²) in [5, 5.41) is 3.47. The molecule has 0 unspecified atom stereocenters. The molecule has 0 spiro atoms. The van der Waals surface area contributed by atoms with Gasteiger partial charge in [0.1, 0.15) is 5.82 Å². The molecule has 1 N–H and O–H groups in total. The van der Waals surface area contributed by atoms with Crippen LogP contribution < -0.4 is 5.32 Å². The first-order valence-electron chi connectivity index (χ1n) is 7.40. The van der Waals surface area contributed by atoms with E-state index in [4.69, 9.17) is 4.98 Å². The quantitative estimate of drug-likeness (QED) is 0.773. The van der Waals surface area contributed by atoms with E-state index in [-0.39, 0.29) is 0 Å². The van der Waals surface area contributed by atoms with Crippen LogP contribution in [0, 0.1) is 0 Å². The van der Waals surface area contributed by atoms with Crippen LogP contribution in [0.2, 0.25) is 0 Å². The lowest BCUT2D eigenvalue weighted by atomic mass is 10.3. The van der Waals surface area contributed by atoms with Gasteiger partial charge in [-0.25, -0.2) is 4.98 Å². The number of benzene rings is 1. The van der Waals surface area contributed by atoms with Crippen molar-refractivity contribution in [2.45, 2.75) is 52.6 Å². The second kappa shape index (κ2) is 6.71. The third-order valence-corrected chi connectivity index (χ3v) is 3.32. The summed E-state index contributed by atoms with van der Waals surface area (Å²) in [6, 6.07) is 9.02. The molecule has 0 saturated heterocycles. The van der Waals surface area contributed by atoms with Gasteiger partial charge in [0, 0.05) is 19.0 Å². The molecule has 2 rings (SSSR count). The summed E-state index contributed by atoms with van der Waals surface area (Å²) in [4.78, 5) is 4.76. The first kappa shape index (κ1) is 14.1. The first-order chi connectivity index (χ1) is 9.22. The summed E-state index contributed by atoms with van der Waals surface area (Å²) in [6.45, 7) is 8.71. The van der Waals surface area contributed by atoms with Crippen LogP contribution in [0.4, 0.5) is 0 Å². The van der Waals surface area contributed by atoms with Gasteiger partial charge in [-0.05, 0) is 31.5 Å². The van der Waals surface area contributed by atoms with Crippen LogP contribution in [0.1, 0.15) is 39.4 Å². The van der Waals surface area contributed by atoms with Crippen molar-refractivity contribution in [1.82, 2.24) is 14.9 Å². The van der Waals surface area contributed by atoms with Crippen LogP contribution in [0.5, 0.6) is 0 Å². The van der Waals surface area contributed by atoms with E-state index < -0.39 is 0 Å². The van der Waals surface area contributed by atoms with Gasteiger partial charge in [0.05, 0.1) is 11.0 Å². The smallest absolute Gasteiger partial charge is 0.109 e. The fourth-order valence-electron chi connectivity index (χ4n) is 2.42. The maximum absolute atomic E-state index is 4.76. The molecular formula is C16H25N3. The largest absolute Gasteiger partial charge is 0.328 e. The molecule has 3 heteroatoms. The van der Waals surface area contributed by atoms with Crippen molar-refractivity contribution in [3.8, 4) is 0 Å². The number of hydrogen-bond acceptors (Lipinski definition) is 2. The van der Waals surface area contributed by atoms with Crippen molar-refractivity contribution in [3.63, 3.8) is 0 Å². The number of imidazole rings is 1. The number of aryl methyl sites for hydroxylation is 2. The van der Waals surface area contributed by atoms with Crippen LogP contribution >= 0.6 is 0 Å². The molecule has 1 aromatic heterocycles. The van der Waals surface area contributed by atoms with E-state index in [2.05, 4.69) is 54.9 Å². The van der Waals surface area contributed by atoms with E-state index in [0.29, 0.717) is 6.04 Å². The first-order valence-corrected chi connectivity index (χ1v) is 7.40. The van der Waals surface area contributed by atoms with Gasteiger partial charge < -0.3 is 9.88 Å². The Morgan fingerprint density at radius 1 is 1.26 bits per heavy atom. The Labute approximate surface area is 116 Å². The fraction of sp³-hybridized carbons (Fsp3) is 0.562. The van der Waals surface area contributed by atoms with Crippen LogP contribution in [0.3, 0.4) is 0 Å². The fourth-order valence-corrected chi connectivity index (χ4v) is 2.42. The van der Waals surface area contributed by atoms with Crippen molar-refractivity contribution in [1.29, 1.82) is 0 Å². The van der Waals surface area contributed by atoms with Gasteiger partial charge in [-0.1, -0.05) is 32.9 Å². The number of nitrogens with zero attached hydrogens (tertiary/aromatic N) is 2. The predicted molar refractivity (Wildman–Crippen MR) is 81.5 cm³/mol. The minimum absolute atomic E-state index is 0.564. The standard InChI is InChI=1S/C16H25N3/c1-4-8-16-18-14-9-5-6-10-15(14)19(16)12-7-11-17-13(2)3/h5-6,9-10,13,17H,4,7-8,11-12H2,1-3H3. The lowest BCUT2D eigenvalue weighted by Crippen LogP contribution is -2.24. The Bertz CT molecular complexity index is 514. The Hall–Kier alpha value is -1.35. The molecule has 1 aromatic carbocycles. The number of hydrogen-bond donors (Lipinski definition) is 1.